The first kappa shape index (κ1) is 13.4. The van der Waals surface area contributed by atoms with Gasteiger partial charge in [-0.15, -0.1) is 11.8 Å². The van der Waals surface area contributed by atoms with E-state index in [0.29, 0.717) is 6.54 Å². The Morgan fingerprint density at radius 1 is 1.31 bits per heavy atom. The van der Waals surface area contributed by atoms with Crippen LogP contribution in [-0.2, 0) is 0 Å². The monoisotopic (exact) mass is 239 g/mol. The van der Waals surface area contributed by atoms with Crippen LogP contribution in [0.5, 0.6) is 0 Å². The second-order valence-corrected chi connectivity index (χ2v) is 5.47. The van der Waals surface area contributed by atoms with Crippen LogP contribution in [0.1, 0.15) is 20.8 Å². The molecule has 1 rings (SSSR count). The van der Waals surface area contributed by atoms with E-state index in [9.17, 15) is 5.11 Å². The van der Waals surface area contributed by atoms with Crippen molar-refractivity contribution < 1.29 is 5.11 Å². The lowest BCUT2D eigenvalue weighted by Gasteiger charge is -2.28. The van der Waals surface area contributed by atoms with E-state index in [4.69, 9.17) is 0 Å². The molecule has 1 unspecified atom stereocenters. The molecular weight excluding hydrogens is 218 g/mol. The molecule has 0 saturated heterocycles. The van der Waals surface area contributed by atoms with Gasteiger partial charge in [-0.2, -0.15) is 0 Å². The predicted molar refractivity (Wildman–Crippen MR) is 72.2 cm³/mol. The Kier molecular flexibility index (Phi) is 4.69. The van der Waals surface area contributed by atoms with Crippen molar-refractivity contribution >= 4 is 17.4 Å². The number of nitrogens with one attached hydrogen (secondary N) is 1. The molecule has 0 heterocycles. The molecule has 0 aromatic heterocycles. The van der Waals surface area contributed by atoms with Gasteiger partial charge in [-0.3, -0.25) is 0 Å². The van der Waals surface area contributed by atoms with Crippen LogP contribution < -0.4 is 5.32 Å². The van der Waals surface area contributed by atoms with E-state index < -0.39 is 5.60 Å². The fraction of sp³-hybridized carbons (Fsp3) is 0.538. The number of anilines is 1. The van der Waals surface area contributed by atoms with Crippen LogP contribution in [0.2, 0.25) is 0 Å². The Labute approximate surface area is 102 Å². The Morgan fingerprint density at radius 3 is 2.31 bits per heavy atom. The van der Waals surface area contributed by atoms with Gasteiger partial charge in [0.25, 0.3) is 0 Å². The lowest BCUT2D eigenvalue weighted by atomic mass is 9.92. The molecule has 1 aromatic rings. The molecule has 16 heavy (non-hydrogen) atoms. The topological polar surface area (TPSA) is 32.3 Å². The highest BCUT2D eigenvalue weighted by atomic mass is 32.2. The summed E-state index contributed by atoms with van der Waals surface area (Å²) in [6.45, 7) is 6.49. The van der Waals surface area contributed by atoms with E-state index in [1.165, 1.54) is 4.90 Å². The zero-order valence-electron chi connectivity index (χ0n) is 10.4. The number of hydrogen-bond acceptors (Lipinski definition) is 3. The van der Waals surface area contributed by atoms with Crippen molar-refractivity contribution in [2.45, 2.75) is 31.3 Å². The summed E-state index contributed by atoms with van der Waals surface area (Å²) in [5.41, 5.74) is 0.386. The molecule has 0 aliphatic carbocycles. The van der Waals surface area contributed by atoms with E-state index >= 15 is 0 Å². The Hall–Kier alpha value is -0.670. The van der Waals surface area contributed by atoms with E-state index in [1.54, 1.807) is 11.8 Å². The zero-order valence-corrected chi connectivity index (χ0v) is 11.3. The summed E-state index contributed by atoms with van der Waals surface area (Å²) in [5.74, 6) is 0.241. The van der Waals surface area contributed by atoms with Crippen molar-refractivity contribution in [3.63, 3.8) is 0 Å². The molecule has 0 amide bonds. The van der Waals surface area contributed by atoms with Gasteiger partial charge in [0.2, 0.25) is 0 Å². The van der Waals surface area contributed by atoms with Crippen LogP contribution in [0.4, 0.5) is 5.69 Å². The Bertz CT molecular complexity index is 319. The van der Waals surface area contributed by atoms with Gasteiger partial charge in [0.15, 0.2) is 0 Å². The van der Waals surface area contributed by atoms with Gasteiger partial charge in [0.1, 0.15) is 0 Å². The van der Waals surface area contributed by atoms with Crippen molar-refractivity contribution in [3.05, 3.63) is 24.3 Å². The lowest BCUT2D eigenvalue weighted by molar-refractivity contribution is 0.0266. The standard InChI is InChI=1S/C13H21NOS/c1-10(2)13(3,15)9-14-11-5-7-12(16-4)8-6-11/h5-8,10,14-15H,9H2,1-4H3. The summed E-state index contributed by atoms with van der Waals surface area (Å²) < 4.78 is 0. The highest BCUT2D eigenvalue weighted by molar-refractivity contribution is 7.98. The molecule has 0 radical (unpaired) electrons. The average Bonchev–Trinajstić information content (AvgIpc) is 2.27. The second-order valence-electron chi connectivity index (χ2n) is 4.59. The maximum absolute atomic E-state index is 10.1. The predicted octanol–water partition coefficient (Wildman–Crippen LogP) is 3.23. The molecule has 0 saturated carbocycles. The largest absolute Gasteiger partial charge is 0.388 e. The highest BCUT2D eigenvalue weighted by Crippen LogP contribution is 2.20. The Balaban J connectivity index is 2.54. The molecule has 0 fully saturated rings. The lowest BCUT2D eigenvalue weighted by Crippen LogP contribution is -2.38. The van der Waals surface area contributed by atoms with Crippen LogP contribution in [0.15, 0.2) is 29.2 Å². The minimum Gasteiger partial charge on any atom is -0.388 e. The van der Waals surface area contributed by atoms with E-state index in [2.05, 4.69) is 23.7 Å². The first-order valence-electron chi connectivity index (χ1n) is 5.56. The van der Waals surface area contributed by atoms with Crippen LogP contribution >= 0.6 is 11.8 Å². The number of benzene rings is 1. The number of thioether (sulfide) groups is 1. The van der Waals surface area contributed by atoms with Crippen molar-refractivity contribution in [1.82, 2.24) is 0 Å². The third-order valence-electron chi connectivity index (χ3n) is 2.98. The van der Waals surface area contributed by atoms with E-state index in [-0.39, 0.29) is 5.92 Å². The fourth-order valence-corrected chi connectivity index (χ4v) is 1.60. The molecule has 0 aliphatic rings. The van der Waals surface area contributed by atoms with Crippen LogP contribution in [0, 0.1) is 5.92 Å². The maximum Gasteiger partial charge on any atom is 0.0813 e. The zero-order chi connectivity index (χ0) is 12.2. The SMILES string of the molecule is CSc1ccc(NCC(C)(O)C(C)C)cc1. The molecule has 1 aromatic carbocycles. The van der Waals surface area contributed by atoms with Crippen molar-refractivity contribution in [3.8, 4) is 0 Å². The number of hydrogen-bond donors (Lipinski definition) is 2. The fourth-order valence-electron chi connectivity index (χ4n) is 1.19. The van der Waals surface area contributed by atoms with Gasteiger partial charge in [0, 0.05) is 17.1 Å². The third-order valence-corrected chi connectivity index (χ3v) is 3.73. The van der Waals surface area contributed by atoms with Crippen molar-refractivity contribution in [2.75, 3.05) is 18.1 Å². The van der Waals surface area contributed by atoms with Crippen LogP contribution in [0.25, 0.3) is 0 Å². The second kappa shape index (κ2) is 5.60. The molecule has 1 atom stereocenters. The smallest absolute Gasteiger partial charge is 0.0813 e. The maximum atomic E-state index is 10.1. The minimum atomic E-state index is -0.668. The highest BCUT2D eigenvalue weighted by Gasteiger charge is 2.24. The molecule has 0 aliphatic heterocycles. The van der Waals surface area contributed by atoms with Gasteiger partial charge in [-0.1, -0.05) is 13.8 Å². The molecule has 0 bridgehead atoms. The first-order valence-corrected chi connectivity index (χ1v) is 6.78. The average molecular weight is 239 g/mol. The van der Waals surface area contributed by atoms with E-state index in [1.807, 2.05) is 32.9 Å². The summed E-state index contributed by atoms with van der Waals surface area (Å²) in [6, 6.07) is 8.25. The number of aliphatic hydroxyl groups is 1. The van der Waals surface area contributed by atoms with Gasteiger partial charge in [0.05, 0.1) is 5.60 Å². The number of rotatable bonds is 5. The van der Waals surface area contributed by atoms with Gasteiger partial charge >= 0.3 is 0 Å². The normalized spacial score (nSPS) is 14.9. The van der Waals surface area contributed by atoms with E-state index in [0.717, 1.165) is 5.69 Å². The van der Waals surface area contributed by atoms with Crippen LogP contribution in [-0.4, -0.2) is 23.5 Å². The molecule has 2 nitrogen and oxygen atoms in total. The van der Waals surface area contributed by atoms with Crippen molar-refractivity contribution in [1.29, 1.82) is 0 Å². The summed E-state index contributed by atoms with van der Waals surface area (Å²) in [6.07, 6.45) is 2.06. The molecule has 0 spiro atoms. The summed E-state index contributed by atoms with van der Waals surface area (Å²) in [7, 11) is 0. The van der Waals surface area contributed by atoms with Gasteiger partial charge in [-0.05, 0) is 43.4 Å². The summed E-state index contributed by atoms with van der Waals surface area (Å²) in [5, 5.41) is 13.3. The molecular formula is C13H21NOS. The van der Waals surface area contributed by atoms with Gasteiger partial charge in [-0.25, -0.2) is 0 Å². The Morgan fingerprint density at radius 2 is 1.88 bits per heavy atom. The minimum absolute atomic E-state index is 0.241. The van der Waals surface area contributed by atoms with Crippen LogP contribution in [0.3, 0.4) is 0 Å². The van der Waals surface area contributed by atoms with Gasteiger partial charge < -0.3 is 10.4 Å². The summed E-state index contributed by atoms with van der Waals surface area (Å²) in [4.78, 5) is 1.25. The third kappa shape index (κ3) is 3.72. The summed E-state index contributed by atoms with van der Waals surface area (Å²) >= 11 is 1.73. The molecule has 90 valence electrons. The van der Waals surface area contributed by atoms with Crippen molar-refractivity contribution in [2.24, 2.45) is 5.92 Å². The first-order chi connectivity index (χ1) is 7.45. The molecule has 2 N–H and O–H groups in total. The molecule has 3 heteroatoms. The quantitative estimate of drug-likeness (QED) is 0.774.